The van der Waals surface area contributed by atoms with Crippen LogP contribution in [0.4, 0.5) is 11.6 Å². The summed E-state index contributed by atoms with van der Waals surface area (Å²) in [6, 6.07) is 10.7. The van der Waals surface area contributed by atoms with Crippen LogP contribution in [0.15, 0.2) is 61.2 Å². The number of hydrogen-bond donors (Lipinski definition) is 2. The fraction of sp³-hybridized carbons (Fsp3) is 0.0588. The number of halogens is 1. The second-order valence-corrected chi connectivity index (χ2v) is 5.41. The van der Waals surface area contributed by atoms with Crippen molar-refractivity contribution in [1.82, 2.24) is 15.0 Å². The van der Waals surface area contributed by atoms with Gasteiger partial charge in [-0.2, -0.15) is 0 Å². The predicted molar refractivity (Wildman–Crippen MR) is 93.0 cm³/mol. The molecule has 2 heterocycles. The summed E-state index contributed by atoms with van der Waals surface area (Å²) < 4.78 is 0. The third-order valence-electron chi connectivity index (χ3n) is 3.20. The number of nitrogens with one attached hydrogen (secondary N) is 2. The van der Waals surface area contributed by atoms with Crippen LogP contribution in [0.2, 0.25) is 5.02 Å². The van der Waals surface area contributed by atoms with Crippen LogP contribution < -0.4 is 10.6 Å². The fourth-order valence-corrected chi connectivity index (χ4v) is 2.18. The fourth-order valence-electron chi connectivity index (χ4n) is 1.99. The van der Waals surface area contributed by atoms with E-state index < -0.39 is 0 Å². The number of anilines is 2. The summed E-state index contributed by atoms with van der Waals surface area (Å²) >= 11 is 5.89. The van der Waals surface area contributed by atoms with Crippen molar-refractivity contribution in [2.45, 2.75) is 6.54 Å². The third kappa shape index (κ3) is 4.27. The van der Waals surface area contributed by atoms with Gasteiger partial charge in [-0.15, -0.1) is 0 Å². The molecule has 0 atom stereocenters. The van der Waals surface area contributed by atoms with Crippen LogP contribution in [-0.2, 0) is 6.54 Å². The molecule has 0 saturated heterocycles. The molecule has 3 aromatic rings. The highest BCUT2D eigenvalue weighted by molar-refractivity contribution is 6.30. The first-order valence-corrected chi connectivity index (χ1v) is 7.60. The van der Waals surface area contributed by atoms with Gasteiger partial charge in [0.15, 0.2) is 0 Å². The lowest BCUT2D eigenvalue weighted by Crippen LogP contribution is -2.13. The lowest BCUT2D eigenvalue weighted by atomic mass is 10.2. The van der Waals surface area contributed by atoms with Gasteiger partial charge >= 0.3 is 0 Å². The van der Waals surface area contributed by atoms with Gasteiger partial charge in [0.2, 0.25) is 5.95 Å². The summed E-state index contributed by atoms with van der Waals surface area (Å²) in [7, 11) is 0. The molecule has 120 valence electrons. The lowest BCUT2D eigenvalue weighted by Gasteiger charge is -2.07. The number of benzene rings is 1. The second-order valence-electron chi connectivity index (χ2n) is 4.97. The zero-order chi connectivity index (χ0) is 16.8. The van der Waals surface area contributed by atoms with E-state index in [-0.39, 0.29) is 5.91 Å². The number of carbonyl (C=O) groups is 1. The molecule has 0 aliphatic heterocycles. The van der Waals surface area contributed by atoms with Gasteiger partial charge in [0.05, 0.1) is 5.56 Å². The topological polar surface area (TPSA) is 79.8 Å². The van der Waals surface area contributed by atoms with Crippen LogP contribution in [0.1, 0.15) is 15.9 Å². The highest BCUT2D eigenvalue weighted by atomic mass is 35.5. The molecule has 0 unspecified atom stereocenters. The Bertz CT molecular complexity index is 824. The van der Waals surface area contributed by atoms with Gasteiger partial charge in [0.1, 0.15) is 0 Å². The molecule has 24 heavy (non-hydrogen) atoms. The Morgan fingerprint density at radius 2 is 1.83 bits per heavy atom. The number of carbonyl (C=O) groups excluding carboxylic acids is 1. The van der Waals surface area contributed by atoms with Gasteiger partial charge in [-0.05, 0) is 35.9 Å². The molecule has 0 aliphatic carbocycles. The molecule has 1 amide bonds. The van der Waals surface area contributed by atoms with E-state index in [2.05, 4.69) is 25.6 Å². The number of nitrogens with zero attached hydrogens (tertiary/aromatic N) is 3. The molecule has 6 nitrogen and oxygen atoms in total. The van der Waals surface area contributed by atoms with Crippen LogP contribution in [0, 0.1) is 0 Å². The molecule has 0 saturated carbocycles. The number of pyridine rings is 1. The molecule has 0 spiro atoms. The summed E-state index contributed by atoms with van der Waals surface area (Å²) in [5.74, 6) is 0.157. The normalized spacial score (nSPS) is 10.2. The van der Waals surface area contributed by atoms with Gasteiger partial charge < -0.3 is 10.6 Å². The second kappa shape index (κ2) is 7.52. The van der Waals surface area contributed by atoms with E-state index in [1.165, 1.54) is 12.4 Å². The van der Waals surface area contributed by atoms with Gasteiger partial charge in [0.25, 0.3) is 5.91 Å². The van der Waals surface area contributed by atoms with Crippen LogP contribution in [0.3, 0.4) is 0 Å². The van der Waals surface area contributed by atoms with Crippen molar-refractivity contribution in [1.29, 1.82) is 0 Å². The monoisotopic (exact) mass is 339 g/mol. The molecule has 0 radical (unpaired) electrons. The van der Waals surface area contributed by atoms with Crippen molar-refractivity contribution in [3.63, 3.8) is 0 Å². The highest BCUT2D eigenvalue weighted by Crippen LogP contribution is 2.15. The largest absolute Gasteiger partial charge is 0.350 e. The van der Waals surface area contributed by atoms with Crippen molar-refractivity contribution >= 4 is 29.1 Å². The maximum Gasteiger partial charge on any atom is 0.258 e. The van der Waals surface area contributed by atoms with Crippen molar-refractivity contribution in [3.05, 3.63) is 77.3 Å². The molecule has 2 aromatic heterocycles. The van der Waals surface area contributed by atoms with E-state index in [1.807, 2.05) is 12.1 Å². The summed E-state index contributed by atoms with van der Waals surface area (Å²) in [5, 5.41) is 6.39. The molecule has 3 rings (SSSR count). The van der Waals surface area contributed by atoms with E-state index in [0.717, 1.165) is 5.56 Å². The van der Waals surface area contributed by atoms with Crippen molar-refractivity contribution in [3.8, 4) is 0 Å². The van der Waals surface area contributed by atoms with E-state index in [0.29, 0.717) is 28.8 Å². The standard InChI is InChI=1S/C17H14ClN5O/c18-14-2-1-3-15(8-14)23-16(24)13-10-21-17(22-11-13)20-9-12-4-6-19-7-5-12/h1-8,10-11H,9H2,(H,23,24)(H,20,21,22). The molecular formula is C17H14ClN5O. The van der Waals surface area contributed by atoms with Gasteiger partial charge in [-0.25, -0.2) is 9.97 Å². The van der Waals surface area contributed by atoms with Crippen LogP contribution in [0.25, 0.3) is 0 Å². The average Bonchev–Trinajstić information content (AvgIpc) is 2.61. The minimum atomic E-state index is -0.294. The Labute approximate surface area is 143 Å². The van der Waals surface area contributed by atoms with Crippen molar-refractivity contribution in [2.75, 3.05) is 10.6 Å². The minimum Gasteiger partial charge on any atom is -0.350 e. The third-order valence-corrected chi connectivity index (χ3v) is 3.43. The zero-order valence-electron chi connectivity index (χ0n) is 12.6. The smallest absolute Gasteiger partial charge is 0.258 e. The molecule has 0 fully saturated rings. The number of hydrogen-bond acceptors (Lipinski definition) is 5. The number of amides is 1. The first-order valence-electron chi connectivity index (χ1n) is 7.22. The van der Waals surface area contributed by atoms with Crippen LogP contribution >= 0.6 is 11.6 Å². The minimum absolute atomic E-state index is 0.294. The first kappa shape index (κ1) is 15.9. The summed E-state index contributed by atoms with van der Waals surface area (Å²) in [6.45, 7) is 0.580. The Kier molecular flexibility index (Phi) is 4.98. The maximum atomic E-state index is 12.2. The summed E-state index contributed by atoms with van der Waals surface area (Å²) in [6.07, 6.45) is 6.39. The number of rotatable bonds is 5. The van der Waals surface area contributed by atoms with Crippen LogP contribution in [0.5, 0.6) is 0 Å². The Morgan fingerprint density at radius 1 is 1.08 bits per heavy atom. The average molecular weight is 340 g/mol. The Hall–Kier alpha value is -2.99. The number of aromatic nitrogens is 3. The Balaban J connectivity index is 1.60. The van der Waals surface area contributed by atoms with Crippen molar-refractivity contribution in [2.24, 2.45) is 0 Å². The first-order chi connectivity index (χ1) is 11.7. The lowest BCUT2D eigenvalue weighted by molar-refractivity contribution is 0.102. The molecular weight excluding hydrogens is 326 g/mol. The van der Waals surface area contributed by atoms with Gasteiger partial charge in [0, 0.05) is 42.0 Å². The van der Waals surface area contributed by atoms with Gasteiger partial charge in [-0.1, -0.05) is 17.7 Å². The van der Waals surface area contributed by atoms with E-state index in [1.54, 1.807) is 36.7 Å². The quantitative estimate of drug-likeness (QED) is 0.744. The molecule has 7 heteroatoms. The highest BCUT2D eigenvalue weighted by Gasteiger charge is 2.08. The van der Waals surface area contributed by atoms with Crippen LogP contribution in [-0.4, -0.2) is 20.9 Å². The SMILES string of the molecule is O=C(Nc1cccc(Cl)c1)c1cnc(NCc2ccncc2)nc1. The van der Waals surface area contributed by atoms with Gasteiger partial charge in [-0.3, -0.25) is 9.78 Å². The van der Waals surface area contributed by atoms with E-state index in [9.17, 15) is 4.79 Å². The molecule has 1 aromatic carbocycles. The summed E-state index contributed by atoms with van der Waals surface area (Å²) in [5.41, 5.74) is 2.05. The molecule has 2 N–H and O–H groups in total. The van der Waals surface area contributed by atoms with Crippen molar-refractivity contribution < 1.29 is 4.79 Å². The summed E-state index contributed by atoms with van der Waals surface area (Å²) in [4.78, 5) is 24.4. The van der Waals surface area contributed by atoms with E-state index >= 15 is 0 Å². The predicted octanol–water partition coefficient (Wildman–Crippen LogP) is 3.39. The molecule has 0 bridgehead atoms. The zero-order valence-corrected chi connectivity index (χ0v) is 13.4. The Morgan fingerprint density at radius 3 is 2.54 bits per heavy atom. The van der Waals surface area contributed by atoms with E-state index in [4.69, 9.17) is 11.6 Å². The molecule has 0 aliphatic rings. The maximum absolute atomic E-state index is 12.2.